The lowest BCUT2D eigenvalue weighted by Crippen LogP contribution is -2.34. The maximum atomic E-state index is 13.2. The molecule has 0 bridgehead atoms. The minimum absolute atomic E-state index is 0.0810. The highest BCUT2D eigenvalue weighted by Crippen LogP contribution is 2.43. The Bertz CT molecular complexity index is 1040. The molecule has 2 aromatic carbocycles. The highest BCUT2D eigenvalue weighted by atomic mass is 16.5. The van der Waals surface area contributed by atoms with E-state index in [2.05, 4.69) is 5.32 Å². The van der Waals surface area contributed by atoms with Crippen LogP contribution in [0.5, 0.6) is 5.75 Å². The van der Waals surface area contributed by atoms with Crippen molar-refractivity contribution in [1.29, 1.82) is 0 Å². The first-order valence-electron chi connectivity index (χ1n) is 10.2. The first kappa shape index (κ1) is 20.0. The van der Waals surface area contributed by atoms with Gasteiger partial charge in [-0.15, -0.1) is 0 Å². The molecule has 30 heavy (non-hydrogen) atoms. The van der Waals surface area contributed by atoms with E-state index < -0.39 is 11.9 Å². The van der Waals surface area contributed by atoms with E-state index in [-0.39, 0.29) is 12.4 Å². The molecule has 5 nitrogen and oxygen atoms in total. The second kappa shape index (κ2) is 8.57. The van der Waals surface area contributed by atoms with Crippen molar-refractivity contribution in [2.45, 2.75) is 38.7 Å². The van der Waals surface area contributed by atoms with Gasteiger partial charge in [0.15, 0.2) is 5.78 Å². The van der Waals surface area contributed by atoms with Gasteiger partial charge in [-0.2, -0.15) is 0 Å². The Morgan fingerprint density at radius 2 is 1.90 bits per heavy atom. The van der Waals surface area contributed by atoms with Crippen molar-refractivity contribution in [2.24, 2.45) is 0 Å². The van der Waals surface area contributed by atoms with Crippen molar-refractivity contribution >= 4 is 11.8 Å². The molecule has 1 aliphatic carbocycles. The molecule has 0 unspecified atom stereocenters. The topological polar surface area (TPSA) is 64.6 Å². The number of rotatable bonds is 5. The standard InChI is InChI=1S/C25H25NO4/c1-16-22(25(28)30-15-17-8-4-3-5-9-17)23(18-10-6-11-19(14-18)29-2)24-20(26-16)12-7-13-21(24)27/h3-6,8-11,14,23,26H,7,12-13,15H2,1-2H3/t23-/m1/s1. The smallest absolute Gasteiger partial charge is 0.337 e. The van der Waals surface area contributed by atoms with E-state index >= 15 is 0 Å². The fourth-order valence-corrected chi connectivity index (χ4v) is 4.21. The van der Waals surface area contributed by atoms with E-state index in [1.165, 1.54) is 0 Å². The van der Waals surface area contributed by atoms with E-state index in [9.17, 15) is 9.59 Å². The number of hydrogen-bond acceptors (Lipinski definition) is 5. The Hall–Kier alpha value is -3.34. The molecular weight excluding hydrogens is 378 g/mol. The zero-order valence-corrected chi connectivity index (χ0v) is 17.2. The van der Waals surface area contributed by atoms with Gasteiger partial charge in [-0.1, -0.05) is 42.5 Å². The normalized spacial score (nSPS) is 18.6. The van der Waals surface area contributed by atoms with E-state index in [0.717, 1.165) is 35.4 Å². The van der Waals surface area contributed by atoms with Crippen LogP contribution in [0.3, 0.4) is 0 Å². The summed E-state index contributed by atoms with van der Waals surface area (Å²) in [5.74, 6) is -0.113. The third-order valence-electron chi connectivity index (χ3n) is 5.64. The maximum Gasteiger partial charge on any atom is 0.337 e. The number of nitrogens with one attached hydrogen (secondary N) is 1. The predicted octanol–water partition coefficient (Wildman–Crippen LogP) is 4.41. The van der Waals surface area contributed by atoms with Gasteiger partial charge in [-0.3, -0.25) is 4.79 Å². The SMILES string of the molecule is COc1cccc([C@@H]2C(C(=O)OCc3ccccc3)=C(C)NC3=C2C(=O)CCC3)c1. The van der Waals surface area contributed by atoms with Crippen molar-refractivity contribution in [2.75, 3.05) is 7.11 Å². The molecule has 0 aromatic heterocycles. The summed E-state index contributed by atoms with van der Waals surface area (Å²) in [5, 5.41) is 3.31. The predicted molar refractivity (Wildman–Crippen MR) is 114 cm³/mol. The molecule has 4 rings (SSSR count). The van der Waals surface area contributed by atoms with Crippen molar-refractivity contribution in [3.05, 3.63) is 88.3 Å². The average Bonchev–Trinajstić information content (AvgIpc) is 2.77. The van der Waals surface area contributed by atoms with E-state index in [4.69, 9.17) is 9.47 Å². The average molecular weight is 403 g/mol. The summed E-state index contributed by atoms with van der Waals surface area (Å²) < 4.78 is 11.0. The number of methoxy groups -OCH3 is 1. The molecule has 0 saturated heterocycles. The first-order chi connectivity index (χ1) is 14.6. The van der Waals surface area contributed by atoms with Gasteiger partial charge in [-0.05, 0) is 43.0 Å². The molecule has 154 valence electrons. The van der Waals surface area contributed by atoms with Crippen molar-refractivity contribution in [3.8, 4) is 5.75 Å². The zero-order chi connectivity index (χ0) is 21.1. The molecule has 1 atom stereocenters. The molecule has 0 amide bonds. The molecule has 2 aliphatic rings. The summed E-state index contributed by atoms with van der Waals surface area (Å²) in [6.07, 6.45) is 2.11. The number of carbonyl (C=O) groups excluding carboxylic acids is 2. The highest BCUT2D eigenvalue weighted by Gasteiger charge is 2.39. The third-order valence-corrected chi connectivity index (χ3v) is 5.64. The lowest BCUT2D eigenvalue weighted by Gasteiger charge is -2.34. The van der Waals surface area contributed by atoms with Gasteiger partial charge in [0.05, 0.1) is 12.7 Å². The van der Waals surface area contributed by atoms with Crippen molar-refractivity contribution < 1.29 is 19.1 Å². The number of Topliss-reactive ketones (excluding diaryl/α,β-unsaturated/α-hetero) is 1. The fraction of sp³-hybridized carbons (Fsp3) is 0.280. The van der Waals surface area contributed by atoms with Gasteiger partial charge in [0.25, 0.3) is 0 Å². The lowest BCUT2D eigenvalue weighted by molar-refractivity contribution is -0.140. The Morgan fingerprint density at radius 3 is 2.67 bits per heavy atom. The van der Waals surface area contributed by atoms with E-state index in [1.54, 1.807) is 7.11 Å². The number of carbonyl (C=O) groups is 2. The van der Waals surface area contributed by atoms with Gasteiger partial charge in [-0.25, -0.2) is 4.79 Å². The maximum absolute atomic E-state index is 13.2. The minimum Gasteiger partial charge on any atom is -0.497 e. The van der Waals surface area contributed by atoms with Gasteiger partial charge in [0.2, 0.25) is 0 Å². The molecule has 0 spiro atoms. The number of ketones is 1. The van der Waals surface area contributed by atoms with Crippen molar-refractivity contribution in [1.82, 2.24) is 5.32 Å². The van der Waals surface area contributed by atoms with Crippen molar-refractivity contribution in [3.63, 3.8) is 0 Å². The van der Waals surface area contributed by atoms with Crippen LogP contribution in [-0.4, -0.2) is 18.9 Å². The number of hydrogen-bond donors (Lipinski definition) is 1. The zero-order valence-electron chi connectivity index (χ0n) is 17.2. The van der Waals surface area contributed by atoms with Crippen LogP contribution < -0.4 is 10.1 Å². The van der Waals surface area contributed by atoms with Gasteiger partial charge in [0, 0.05) is 29.3 Å². The molecule has 2 aromatic rings. The molecule has 1 N–H and O–H groups in total. The van der Waals surface area contributed by atoms with Crippen LogP contribution in [0, 0.1) is 0 Å². The van der Waals surface area contributed by atoms with Crippen LogP contribution in [0.1, 0.15) is 43.2 Å². The summed E-state index contributed by atoms with van der Waals surface area (Å²) in [5.41, 5.74) is 4.56. The number of esters is 1. The van der Waals surface area contributed by atoms with Gasteiger partial charge in [0.1, 0.15) is 12.4 Å². The molecule has 1 aliphatic heterocycles. The van der Waals surface area contributed by atoms with Crippen LogP contribution in [0.15, 0.2) is 77.1 Å². The Balaban J connectivity index is 1.72. The number of benzene rings is 2. The van der Waals surface area contributed by atoms with E-state index in [0.29, 0.717) is 23.3 Å². The first-order valence-corrected chi connectivity index (χ1v) is 10.2. The number of allylic oxidation sites excluding steroid dienone is 3. The Morgan fingerprint density at radius 1 is 1.10 bits per heavy atom. The molecular formula is C25H25NO4. The van der Waals surface area contributed by atoms with E-state index in [1.807, 2.05) is 61.5 Å². The summed E-state index contributed by atoms with van der Waals surface area (Å²) in [7, 11) is 1.61. The fourth-order valence-electron chi connectivity index (χ4n) is 4.21. The lowest BCUT2D eigenvalue weighted by atomic mass is 9.75. The summed E-state index contributed by atoms with van der Waals surface area (Å²) in [6, 6.07) is 17.1. The van der Waals surface area contributed by atoms with Crippen LogP contribution in [0.2, 0.25) is 0 Å². The molecule has 0 fully saturated rings. The summed E-state index contributed by atoms with van der Waals surface area (Å²) in [6.45, 7) is 2.05. The molecule has 1 heterocycles. The quantitative estimate of drug-likeness (QED) is 0.750. The summed E-state index contributed by atoms with van der Waals surface area (Å²) >= 11 is 0. The Kier molecular flexibility index (Phi) is 5.70. The number of dihydropyridines is 1. The largest absolute Gasteiger partial charge is 0.497 e. The van der Waals surface area contributed by atoms with Crippen LogP contribution >= 0.6 is 0 Å². The second-order valence-corrected chi connectivity index (χ2v) is 7.60. The molecule has 0 saturated carbocycles. The summed E-state index contributed by atoms with van der Waals surface area (Å²) in [4.78, 5) is 26.1. The second-order valence-electron chi connectivity index (χ2n) is 7.60. The molecule has 0 radical (unpaired) electrons. The number of ether oxygens (including phenoxy) is 2. The Labute approximate surface area is 176 Å². The highest BCUT2D eigenvalue weighted by molar-refractivity contribution is 6.03. The third kappa shape index (κ3) is 3.88. The van der Waals surface area contributed by atoms with Crippen LogP contribution in [0.4, 0.5) is 0 Å². The van der Waals surface area contributed by atoms with Gasteiger partial charge >= 0.3 is 5.97 Å². The van der Waals surface area contributed by atoms with Crippen LogP contribution in [0.25, 0.3) is 0 Å². The minimum atomic E-state index is -0.465. The molecule has 5 heteroatoms. The van der Waals surface area contributed by atoms with Gasteiger partial charge < -0.3 is 14.8 Å². The monoisotopic (exact) mass is 403 g/mol. The van der Waals surface area contributed by atoms with Crippen LogP contribution in [-0.2, 0) is 20.9 Å².